The minimum absolute atomic E-state index is 0.348. The van der Waals surface area contributed by atoms with Crippen molar-refractivity contribution in [2.75, 3.05) is 13.6 Å². The zero-order chi connectivity index (χ0) is 16.0. The summed E-state index contributed by atoms with van der Waals surface area (Å²) in [5, 5.41) is 11.6. The Bertz CT molecular complexity index is 897. The Morgan fingerprint density at radius 3 is 2.70 bits per heavy atom. The quantitative estimate of drug-likeness (QED) is 0.804. The molecule has 0 saturated carbocycles. The van der Waals surface area contributed by atoms with E-state index in [1.165, 1.54) is 23.7 Å². The maximum atomic E-state index is 11.4. The summed E-state index contributed by atoms with van der Waals surface area (Å²) >= 11 is 0. The Morgan fingerprint density at radius 2 is 1.96 bits per heavy atom. The van der Waals surface area contributed by atoms with Crippen molar-refractivity contribution in [1.82, 2.24) is 9.47 Å². The Morgan fingerprint density at radius 1 is 1.17 bits per heavy atom. The van der Waals surface area contributed by atoms with Crippen molar-refractivity contribution >= 4 is 27.8 Å². The Labute approximate surface area is 134 Å². The first-order chi connectivity index (χ1) is 11.1. The molecule has 1 fully saturated rings. The third-order valence-electron chi connectivity index (χ3n) is 5.09. The molecule has 1 atom stereocenters. The number of benzene rings is 2. The lowest BCUT2D eigenvalue weighted by molar-refractivity contribution is 0.0697. The second kappa shape index (κ2) is 5.39. The Kier molecular flexibility index (Phi) is 3.34. The fraction of sp³-hybridized carbons (Fsp3) is 0.316. The second-order valence-corrected chi connectivity index (χ2v) is 6.44. The molecule has 0 unspecified atom stereocenters. The topological polar surface area (TPSA) is 45.5 Å². The number of fused-ring (bicyclic) bond motifs is 3. The minimum atomic E-state index is -0.873. The summed E-state index contributed by atoms with van der Waals surface area (Å²) < 4.78 is 2.30. The van der Waals surface area contributed by atoms with Gasteiger partial charge in [0.15, 0.2) is 0 Å². The number of carbonyl (C=O) groups is 1. The SMILES string of the molecule is CN1CCC[C@H]1Cn1c2ccccc2c2ccc(C(=O)O)cc21. The number of nitrogens with zero attached hydrogens (tertiary/aromatic N) is 2. The predicted molar refractivity (Wildman–Crippen MR) is 92.1 cm³/mol. The van der Waals surface area contributed by atoms with E-state index < -0.39 is 5.97 Å². The summed E-state index contributed by atoms with van der Waals surface area (Å²) in [7, 11) is 2.17. The predicted octanol–water partition coefficient (Wildman–Crippen LogP) is 3.59. The van der Waals surface area contributed by atoms with Gasteiger partial charge in [-0.05, 0) is 44.6 Å². The number of carboxylic acids is 1. The van der Waals surface area contributed by atoms with Crippen LogP contribution in [-0.2, 0) is 6.54 Å². The van der Waals surface area contributed by atoms with Crippen molar-refractivity contribution in [3.8, 4) is 0 Å². The van der Waals surface area contributed by atoms with Gasteiger partial charge in [0.2, 0.25) is 0 Å². The van der Waals surface area contributed by atoms with Crippen LogP contribution in [-0.4, -0.2) is 40.2 Å². The summed E-state index contributed by atoms with van der Waals surface area (Å²) in [5.41, 5.74) is 2.55. The number of rotatable bonds is 3. The van der Waals surface area contributed by atoms with Crippen LogP contribution in [0.4, 0.5) is 0 Å². The van der Waals surface area contributed by atoms with Crippen LogP contribution < -0.4 is 0 Å². The molecule has 4 rings (SSSR count). The third kappa shape index (κ3) is 2.30. The maximum absolute atomic E-state index is 11.4. The van der Waals surface area contributed by atoms with Gasteiger partial charge in [0.05, 0.1) is 11.1 Å². The van der Waals surface area contributed by atoms with Crippen LogP contribution in [0.25, 0.3) is 21.8 Å². The number of likely N-dealkylation sites (tertiary alicyclic amines) is 1. The molecule has 1 aromatic heterocycles. The molecule has 1 N–H and O–H groups in total. The van der Waals surface area contributed by atoms with Crippen LogP contribution in [0.15, 0.2) is 42.5 Å². The molecule has 0 spiro atoms. The maximum Gasteiger partial charge on any atom is 0.335 e. The van der Waals surface area contributed by atoms with Gasteiger partial charge in [-0.1, -0.05) is 24.3 Å². The molecule has 0 amide bonds. The van der Waals surface area contributed by atoms with E-state index in [0.29, 0.717) is 11.6 Å². The average Bonchev–Trinajstić information content (AvgIpc) is 3.10. The molecule has 1 aliphatic heterocycles. The van der Waals surface area contributed by atoms with Crippen LogP contribution in [0.3, 0.4) is 0 Å². The first-order valence-electron chi connectivity index (χ1n) is 8.09. The molecule has 0 radical (unpaired) electrons. The summed E-state index contributed by atoms with van der Waals surface area (Å²) in [6.45, 7) is 2.05. The van der Waals surface area contributed by atoms with Crippen LogP contribution in [0.2, 0.25) is 0 Å². The number of aromatic nitrogens is 1. The number of aromatic carboxylic acids is 1. The molecule has 23 heavy (non-hydrogen) atoms. The van der Waals surface area contributed by atoms with Gasteiger partial charge in [0, 0.05) is 28.9 Å². The van der Waals surface area contributed by atoms with E-state index in [-0.39, 0.29) is 0 Å². The van der Waals surface area contributed by atoms with Gasteiger partial charge in [0.1, 0.15) is 0 Å². The van der Waals surface area contributed by atoms with E-state index in [0.717, 1.165) is 24.0 Å². The highest BCUT2D eigenvalue weighted by molar-refractivity contribution is 6.09. The third-order valence-corrected chi connectivity index (χ3v) is 5.09. The highest BCUT2D eigenvalue weighted by Gasteiger charge is 2.23. The fourth-order valence-electron chi connectivity index (χ4n) is 3.80. The molecule has 2 heterocycles. The number of para-hydroxylation sites is 1. The van der Waals surface area contributed by atoms with Crippen molar-refractivity contribution in [1.29, 1.82) is 0 Å². The normalized spacial score (nSPS) is 18.9. The van der Waals surface area contributed by atoms with Crippen molar-refractivity contribution < 1.29 is 9.90 Å². The molecule has 118 valence electrons. The van der Waals surface area contributed by atoms with Crippen molar-refractivity contribution in [2.45, 2.75) is 25.4 Å². The molecule has 4 nitrogen and oxygen atoms in total. The monoisotopic (exact) mass is 308 g/mol. The molecule has 0 aliphatic carbocycles. The van der Waals surface area contributed by atoms with E-state index >= 15 is 0 Å². The van der Waals surface area contributed by atoms with Gasteiger partial charge in [-0.25, -0.2) is 4.79 Å². The van der Waals surface area contributed by atoms with Gasteiger partial charge < -0.3 is 14.6 Å². The standard InChI is InChI=1S/C19H20N2O2/c1-20-10-4-5-14(20)12-21-17-7-3-2-6-15(17)16-9-8-13(19(22)23)11-18(16)21/h2-3,6-9,11,14H,4-5,10,12H2,1H3,(H,22,23)/t14-/m0/s1. The fourth-order valence-corrected chi connectivity index (χ4v) is 3.80. The lowest BCUT2D eigenvalue weighted by atomic mass is 10.1. The molecular formula is C19H20N2O2. The molecule has 1 saturated heterocycles. The summed E-state index contributed by atoms with van der Waals surface area (Å²) in [4.78, 5) is 13.8. The van der Waals surface area contributed by atoms with Gasteiger partial charge >= 0.3 is 5.97 Å². The Balaban J connectivity index is 1.93. The van der Waals surface area contributed by atoms with E-state index in [1.807, 2.05) is 24.3 Å². The zero-order valence-electron chi connectivity index (χ0n) is 13.2. The van der Waals surface area contributed by atoms with Crippen LogP contribution >= 0.6 is 0 Å². The molecule has 0 bridgehead atoms. The second-order valence-electron chi connectivity index (χ2n) is 6.44. The highest BCUT2D eigenvalue weighted by Crippen LogP contribution is 2.31. The largest absolute Gasteiger partial charge is 0.478 e. The van der Waals surface area contributed by atoms with Gasteiger partial charge in [-0.15, -0.1) is 0 Å². The lowest BCUT2D eigenvalue weighted by Gasteiger charge is -2.21. The van der Waals surface area contributed by atoms with Crippen LogP contribution in [0.5, 0.6) is 0 Å². The number of carboxylic acid groups (broad SMARTS) is 1. The van der Waals surface area contributed by atoms with Crippen molar-refractivity contribution in [2.24, 2.45) is 0 Å². The number of hydrogen-bond donors (Lipinski definition) is 1. The first kappa shape index (κ1) is 14.3. The smallest absolute Gasteiger partial charge is 0.335 e. The van der Waals surface area contributed by atoms with E-state index in [4.69, 9.17) is 0 Å². The van der Waals surface area contributed by atoms with Gasteiger partial charge in [0.25, 0.3) is 0 Å². The first-order valence-corrected chi connectivity index (χ1v) is 8.09. The zero-order valence-corrected chi connectivity index (χ0v) is 13.2. The lowest BCUT2D eigenvalue weighted by Crippen LogP contribution is -2.29. The Hall–Kier alpha value is -2.33. The van der Waals surface area contributed by atoms with Crippen LogP contribution in [0.1, 0.15) is 23.2 Å². The number of likely N-dealkylation sites (N-methyl/N-ethyl adjacent to an activating group) is 1. The van der Waals surface area contributed by atoms with Crippen LogP contribution in [0, 0.1) is 0 Å². The van der Waals surface area contributed by atoms with E-state index in [2.05, 4.69) is 28.6 Å². The highest BCUT2D eigenvalue weighted by atomic mass is 16.4. The molecule has 3 aromatic rings. The summed E-state index contributed by atoms with van der Waals surface area (Å²) in [6.07, 6.45) is 2.43. The minimum Gasteiger partial charge on any atom is -0.478 e. The molecule has 4 heteroatoms. The number of hydrogen-bond acceptors (Lipinski definition) is 2. The average molecular weight is 308 g/mol. The van der Waals surface area contributed by atoms with E-state index in [9.17, 15) is 9.90 Å². The molecule has 1 aliphatic rings. The summed E-state index contributed by atoms with van der Waals surface area (Å²) in [6, 6.07) is 14.3. The summed E-state index contributed by atoms with van der Waals surface area (Å²) in [5.74, 6) is -0.873. The van der Waals surface area contributed by atoms with Crippen molar-refractivity contribution in [3.63, 3.8) is 0 Å². The van der Waals surface area contributed by atoms with Gasteiger partial charge in [-0.3, -0.25) is 0 Å². The van der Waals surface area contributed by atoms with E-state index in [1.54, 1.807) is 6.07 Å². The molecular weight excluding hydrogens is 288 g/mol. The molecule has 2 aromatic carbocycles. The van der Waals surface area contributed by atoms with Gasteiger partial charge in [-0.2, -0.15) is 0 Å². The van der Waals surface area contributed by atoms with Crippen molar-refractivity contribution in [3.05, 3.63) is 48.0 Å².